The average Bonchev–Trinajstić information content (AvgIpc) is 3.17. The minimum Gasteiger partial charge on any atom is -0.487 e. The van der Waals surface area contributed by atoms with Gasteiger partial charge in [0.2, 0.25) is 0 Å². The zero-order chi connectivity index (χ0) is 22.5. The Bertz CT molecular complexity index is 998. The Balaban J connectivity index is 1.24. The van der Waals surface area contributed by atoms with E-state index in [9.17, 15) is 9.18 Å². The number of hydrogen-bond acceptors (Lipinski definition) is 5. The quantitative estimate of drug-likeness (QED) is 0.591. The van der Waals surface area contributed by atoms with Crippen LogP contribution < -0.4 is 15.0 Å². The molecule has 2 heterocycles. The van der Waals surface area contributed by atoms with Gasteiger partial charge in [0.15, 0.2) is 17.3 Å². The van der Waals surface area contributed by atoms with E-state index in [1.54, 1.807) is 12.1 Å². The van der Waals surface area contributed by atoms with Gasteiger partial charge in [0, 0.05) is 36.7 Å². The zero-order valence-corrected chi connectivity index (χ0v) is 19.1. The first kappa shape index (κ1) is 21.3. The van der Waals surface area contributed by atoms with Crippen LogP contribution in [-0.4, -0.2) is 30.1 Å². The van der Waals surface area contributed by atoms with E-state index in [1.807, 2.05) is 6.92 Å². The van der Waals surface area contributed by atoms with E-state index >= 15 is 0 Å². The minimum absolute atomic E-state index is 0.106. The van der Waals surface area contributed by atoms with Gasteiger partial charge in [-0.15, -0.1) is 0 Å². The van der Waals surface area contributed by atoms with Crippen LogP contribution in [0.1, 0.15) is 69.1 Å². The van der Waals surface area contributed by atoms with Gasteiger partial charge in [-0.05, 0) is 56.1 Å². The van der Waals surface area contributed by atoms with E-state index in [4.69, 9.17) is 9.15 Å². The van der Waals surface area contributed by atoms with E-state index in [1.165, 1.54) is 12.5 Å². The first-order valence-electron chi connectivity index (χ1n) is 12.0. The lowest BCUT2D eigenvalue weighted by Crippen LogP contribution is -2.56. The largest absolute Gasteiger partial charge is 0.487 e. The predicted molar refractivity (Wildman–Crippen MR) is 121 cm³/mol. The molecule has 172 valence electrons. The number of ether oxygens (including phenoxy) is 1. The molecule has 1 saturated heterocycles. The van der Waals surface area contributed by atoms with Crippen molar-refractivity contribution in [3.63, 3.8) is 0 Å². The molecule has 1 aromatic heterocycles. The van der Waals surface area contributed by atoms with E-state index in [0.29, 0.717) is 29.3 Å². The Morgan fingerprint density at radius 3 is 2.56 bits per heavy atom. The number of carbonyl (C=O) groups is 1. The van der Waals surface area contributed by atoms with Gasteiger partial charge in [-0.2, -0.15) is 4.98 Å². The SMILES string of the molecule is CCc1oc(N2CC(CC)(CC)C2)nc1C(=O)Nc1ccc(OC2CC3C[C@H]3C2)c(F)c1. The van der Waals surface area contributed by atoms with E-state index in [-0.39, 0.29) is 17.5 Å². The minimum atomic E-state index is -0.462. The third kappa shape index (κ3) is 3.86. The summed E-state index contributed by atoms with van der Waals surface area (Å²) in [5, 5.41) is 2.76. The number of rotatable bonds is 8. The number of nitrogens with one attached hydrogen (secondary N) is 1. The number of hydrogen-bond donors (Lipinski definition) is 1. The first-order valence-corrected chi connectivity index (χ1v) is 12.0. The van der Waals surface area contributed by atoms with Crippen LogP contribution in [0.25, 0.3) is 0 Å². The maximum absolute atomic E-state index is 14.6. The molecule has 0 radical (unpaired) electrons. The van der Waals surface area contributed by atoms with E-state index < -0.39 is 11.7 Å². The number of amides is 1. The second kappa shape index (κ2) is 8.09. The molecule has 1 N–H and O–H groups in total. The fraction of sp³-hybridized carbons (Fsp3) is 0.600. The number of halogens is 1. The summed E-state index contributed by atoms with van der Waals surface area (Å²) < 4.78 is 26.3. The standard InChI is InChI=1S/C25H32FN3O3/c1-4-20-22(28-24(32-20)29-13-25(5-2,6-3)14-29)23(30)27-17-7-8-21(19(26)12-17)31-18-10-15-9-16(15)11-18/h7-8,12,15-16,18H,4-6,9-11,13-14H2,1-3H3,(H,27,30)/t15-,16?,18?/m0/s1. The number of aryl methyl sites for hydroxylation is 1. The Hall–Kier alpha value is -2.57. The number of aromatic nitrogens is 1. The van der Waals surface area contributed by atoms with Gasteiger partial charge in [0.05, 0.1) is 6.10 Å². The second-order valence-corrected chi connectivity index (χ2v) is 9.75. The van der Waals surface area contributed by atoms with Crippen LogP contribution in [0.2, 0.25) is 0 Å². The molecule has 6 nitrogen and oxygen atoms in total. The van der Waals surface area contributed by atoms with E-state index in [0.717, 1.165) is 50.6 Å². The zero-order valence-electron chi connectivity index (χ0n) is 19.1. The highest BCUT2D eigenvalue weighted by molar-refractivity contribution is 6.03. The highest BCUT2D eigenvalue weighted by Crippen LogP contribution is 2.52. The Morgan fingerprint density at radius 1 is 1.22 bits per heavy atom. The Kier molecular flexibility index (Phi) is 5.38. The number of nitrogens with zero attached hydrogens (tertiary/aromatic N) is 2. The summed E-state index contributed by atoms with van der Waals surface area (Å²) >= 11 is 0. The van der Waals surface area contributed by atoms with Crippen molar-refractivity contribution in [2.24, 2.45) is 17.3 Å². The monoisotopic (exact) mass is 441 g/mol. The molecule has 0 spiro atoms. The number of benzene rings is 1. The third-order valence-corrected chi connectivity index (χ3v) is 7.73. The van der Waals surface area contributed by atoms with Gasteiger partial charge in [-0.25, -0.2) is 4.39 Å². The van der Waals surface area contributed by atoms with Crippen molar-refractivity contribution in [2.45, 2.75) is 65.4 Å². The summed E-state index contributed by atoms with van der Waals surface area (Å²) in [5.41, 5.74) is 0.948. The van der Waals surface area contributed by atoms with Crippen LogP contribution in [0.5, 0.6) is 5.75 Å². The van der Waals surface area contributed by atoms with Gasteiger partial charge < -0.3 is 19.4 Å². The van der Waals surface area contributed by atoms with Crippen molar-refractivity contribution in [2.75, 3.05) is 23.3 Å². The second-order valence-electron chi connectivity index (χ2n) is 9.75. The normalized spacial score (nSPS) is 25.2. The highest BCUT2D eigenvalue weighted by Gasteiger charge is 2.47. The van der Waals surface area contributed by atoms with Crippen molar-refractivity contribution in [1.82, 2.24) is 4.98 Å². The van der Waals surface area contributed by atoms with Gasteiger partial charge >= 0.3 is 0 Å². The van der Waals surface area contributed by atoms with Crippen molar-refractivity contribution >= 4 is 17.6 Å². The molecule has 3 fully saturated rings. The fourth-order valence-corrected chi connectivity index (χ4v) is 5.29. The summed E-state index contributed by atoms with van der Waals surface area (Å²) in [4.78, 5) is 19.5. The molecule has 7 heteroatoms. The number of carbonyl (C=O) groups excluding carboxylic acids is 1. The van der Waals surface area contributed by atoms with Crippen LogP contribution in [0, 0.1) is 23.1 Å². The van der Waals surface area contributed by atoms with Crippen molar-refractivity contribution in [1.29, 1.82) is 0 Å². The van der Waals surface area contributed by atoms with Crippen LogP contribution in [0.3, 0.4) is 0 Å². The Morgan fingerprint density at radius 2 is 1.94 bits per heavy atom. The lowest BCUT2D eigenvalue weighted by atomic mass is 9.75. The number of fused-ring (bicyclic) bond motifs is 1. The lowest BCUT2D eigenvalue weighted by Gasteiger charge is -2.48. The summed E-state index contributed by atoms with van der Waals surface area (Å²) in [6.07, 6.45) is 6.23. The van der Waals surface area contributed by atoms with Gasteiger partial charge in [0.1, 0.15) is 5.76 Å². The highest BCUT2D eigenvalue weighted by atomic mass is 19.1. The average molecular weight is 442 g/mol. The molecule has 1 aliphatic heterocycles. The summed E-state index contributed by atoms with van der Waals surface area (Å²) in [7, 11) is 0. The third-order valence-electron chi connectivity index (χ3n) is 7.73. The molecule has 2 saturated carbocycles. The van der Waals surface area contributed by atoms with Crippen LogP contribution in [0.15, 0.2) is 22.6 Å². The lowest BCUT2D eigenvalue weighted by molar-refractivity contribution is 0.102. The predicted octanol–water partition coefficient (Wildman–Crippen LogP) is 5.43. The molecular formula is C25H32FN3O3. The van der Waals surface area contributed by atoms with Gasteiger partial charge in [-0.3, -0.25) is 4.79 Å². The summed E-state index contributed by atoms with van der Waals surface area (Å²) in [5.74, 6) is 1.50. The molecule has 1 aromatic carbocycles. The fourth-order valence-electron chi connectivity index (χ4n) is 5.29. The topological polar surface area (TPSA) is 67.6 Å². The molecule has 1 amide bonds. The molecule has 2 aromatic rings. The van der Waals surface area contributed by atoms with E-state index in [2.05, 4.69) is 29.0 Å². The maximum Gasteiger partial charge on any atom is 0.298 e. The molecule has 0 bridgehead atoms. The maximum atomic E-state index is 14.6. The molecular weight excluding hydrogens is 409 g/mol. The molecule has 5 rings (SSSR count). The molecule has 3 atom stereocenters. The summed E-state index contributed by atoms with van der Waals surface area (Å²) in [6, 6.07) is 5.07. The molecule has 32 heavy (non-hydrogen) atoms. The van der Waals surface area contributed by atoms with Crippen molar-refractivity contribution in [3.05, 3.63) is 35.5 Å². The summed E-state index contributed by atoms with van der Waals surface area (Å²) in [6.45, 7) is 8.12. The number of anilines is 2. The molecule has 3 aliphatic rings. The smallest absolute Gasteiger partial charge is 0.298 e. The van der Waals surface area contributed by atoms with Crippen molar-refractivity contribution in [3.8, 4) is 5.75 Å². The van der Waals surface area contributed by atoms with Gasteiger partial charge in [0.25, 0.3) is 11.9 Å². The van der Waals surface area contributed by atoms with Crippen LogP contribution in [-0.2, 0) is 6.42 Å². The van der Waals surface area contributed by atoms with Gasteiger partial charge in [-0.1, -0.05) is 20.8 Å². The van der Waals surface area contributed by atoms with Crippen molar-refractivity contribution < 1.29 is 18.3 Å². The number of oxazole rings is 1. The van der Waals surface area contributed by atoms with Crippen LogP contribution in [0.4, 0.5) is 16.1 Å². The molecule has 2 aliphatic carbocycles. The van der Waals surface area contributed by atoms with Crippen LogP contribution >= 0.6 is 0 Å². The first-order chi connectivity index (χ1) is 15.4. The Labute approximate surface area is 188 Å². The molecule has 2 unspecified atom stereocenters.